The highest BCUT2D eigenvalue weighted by molar-refractivity contribution is 6.04. The normalized spacial score (nSPS) is 14.0. The maximum absolute atomic E-state index is 12.9. The van der Waals surface area contributed by atoms with Crippen molar-refractivity contribution in [3.05, 3.63) is 54.4 Å². The second-order valence-electron chi connectivity index (χ2n) is 7.99. The number of methoxy groups -OCH3 is 1. The van der Waals surface area contributed by atoms with Crippen LogP contribution in [0.25, 0.3) is 11.4 Å². The minimum absolute atomic E-state index is 0.269. The molecule has 1 saturated heterocycles. The number of aromatic amines is 1. The maximum Gasteiger partial charge on any atom is 0.329 e. The number of carbonyl (C=O) groups is 2. The molecule has 2 aromatic heterocycles. The SMILES string of the molecule is COc1cc(N2CCN(CCOCC(=O)O)CC2)ccc1NC(=O)c1cccc(-c2ccn[nH]2)n1. The number of piperazine rings is 1. The van der Waals surface area contributed by atoms with Crippen LogP contribution >= 0.6 is 0 Å². The summed E-state index contributed by atoms with van der Waals surface area (Å²) in [4.78, 5) is 32.3. The number of hydrogen-bond donors (Lipinski definition) is 3. The minimum Gasteiger partial charge on any atom is -0.494 e. The second-order valence-corrected chi connectivity index (χ2v) is 7.99. The van der Waals surface area contributed by atoms with Crippen molar-refractivity contribution in [2.45, 2.75) is 0 Å². The molecule has 1 aromatic carbocycles. The number of nitrogens with one attached hydrogen (secondary N) is 2. The number of pyridine rings is 1. The summed E-state index contributed by atoms with van der Waals surface area (Å²) in [7, 11) is 1.57. The summed E-state index contributed by atoms with van der Waals surface area (Å²) >= 11 is 0. The van der Waals surface area contributed by atoms with Crippen LogP contribution in [0.1, 0.15) is 10.5 Å². The number of carboxylic acids is 1. The topological polar surface area (TPSA) is 133 Å². The van der Waals surface area contributed by atoms with Crippen LogP contribution in [-0.4, -0.2) is 90.1 Å². The van der Waals surface area contributed by atoms with Crippen molar-refractivity contribution in [3.8, 4) is 17.1 Å². The Labute approximate surface area is 202 Å². The van der Waals surface area contributed by atoms with Gasteiger partial charge in [0.15, 0.2) is 0 Å². The van der Waals surface area contributed by atoms with Crippen LogP contribution in [0.4, 0.5) is 11.4 Å². The fourth-order valence-electron chi connectivity index (χ4n) is 3.86. The van der Waals surface area contributed by atoms with E-state index in [1.807, 2.05) is 24.3 Å². The van der Waals surface area contributed by atoms with Crippen molar-refractivity contribution in [1.82, 2.24) is 20.1 Å². The molecule has 11 nitrogen and oxygen atoms in total. The smallest absolute Gasteiger partial charge is 0.329 e. The zero-order valence-electron chi connectivity index (χ0n) is 19.4. The fourth-order valence-corrected chi connectivity index (χ4v) is 3.86. The Morgan fingerprint density at radius 3 is 2.69 bits per heavy atom. The van der Waals surface area contributed by atoms with Gasteiger partial charge >= 0.3 is 5.97 Å². The number of ether oxygens (including phenoxy) is 2. The summed E-state index contributed by atoms with van der Waals surface area (Å²) < 4.78 is 10.7. The van der Waals surface area contributed by atoms with Gasteiger partial charge in [-0.2, -0.15) is 5.10 Å². The molecule has 1 amide bonds. The van der Waals surface area contributed by atoms with Crippen molar-refractivity contribution in [2.75, 3.05) is 63.3 Å². The van der Waals surface area contributed by atoms with Gasteiger partial charge in [0, 0.05) is 50.7 Å². The van der Waals surface area contributed by atoms with E-state index < -0.39 is 5.97 Å². The first-order valence-corrected chi connectivity index (χ1v) is 11.3. The Hall–Kier alpha value is -3.96. The van der Waals surface area contributed by atoms with E-state index in [1.165, 1.54) is 0 Å². The molecule has 1 aliphatic heterocycles. The molecule has 11 heteroatoms. The Bertz CT molecular complexity index is 1150. The van der Waals surface area contributed by atoms with E-state index in [2.05, 4.69) is 30.3 Å². The van der Waals surface area contributed by atoms with E-state index in [4.69, 9.17) is 14.6 Å². The summed E-state index contributed by atoms with van der Waals surface area (Å²) in [5.41, 5.74) is 3.21. The Morgan fingerprint density at radius 2 is 1.97 bits per heavy atom. The third-order valence-corrected chi connectivity index (χ3v) is 5.71. The summed E-state index contributed by atoms with van der Waals surface area (Å²) in [5.74, 6) is -0.733. The van der Waals surface area contributed by atoms with E-state index in [9.17, 15) is 9.59 Å². The molecule has 0 atom stereocenters. The van der Waals surface area contributed by atoms with Gasteiger partial charge in [-0.3, -0.25) is 14.8 Å². The van der Waals surface area contributed by atoms with E-state index in [0.717, 1.165) is 37.6 Å². The first-order chi connectivity index (χ1) is 17.0. The molecule has 35 heavy (non-hydrogen) atoms. The second kappa shape index (κ2) is 11.4. The number of aromatic nitrogens is 3. The molecule has 0 unspecified atom stereocenters. The minimum atomic E-state index is -0.956. The molecule has 0 spiro atoms. The predicted octanol–water partition coefficient (Wildman–Crippen LogP) is 1.96. The number of hydrogen-bond acceptors (Lipinski definition) is 8. The highest BCUT2D eigenvalue weighted by Crippen LogP contribution is 2.31. The van der Waals surface area contributed by atoms with Crippen LogP contribution in [0.2, 0.25) is 0 Å². The first kappa shape index (κ1) is 24.2. The van der Waals surface area contributed by atoms with Crippen molar-refractivity contribution < 1.29 is 24.2 Å². The quantitative estimate of drug-likeness (QED) is 0.372. The summed E-state index contributed by atoms with van der Waals surface area (Å²) in [5, 5.41) is 18.3. The number of aliphatic carboxylic acids is 1. The van der Waals surface area contributed by atoms with Crippen LogP contribution in [-0.2, 0) is 9.53 Å². The highest BCUT2D eigenvalue weighted by atomic mass is 16.5. The van der Waals surface area contributed by atoms with E-state index in [1.54, 1.807) is 31.5 Å². The van der Waals surface area contributed by atoms with Gasteiger partial charge in [-0.1, -0.05) is 6.07 Å². The van der Waals surface area contributed by atoms with Crippen molar-refractivity contribution >= 4 is 23.3 Å². The van der Waals surface area contributed by atoms with Crippen molar-refractivity contribution in [2.24, 2.45) is 0 Å². The first-order valence-electron chi connectivity index (χ1n) is 11.3. The number of nitrogens with zero attached hydrogens (tertiary/aromatic N) is 4. The van der Waals surface area contributed by atoms with Crippen LogP contribution in [0.3, 0.4) is 0 Å². The Balaban J connectivity index is 1.35. The lowest BCUT2D eigenvalue weighted by Gasteiger charge is -2.36. The fraction of sp³-hybridized carbons (Fsp3) is 0.333. The van der Waals surface area contributed by atoms with Crippen molar-refractivity contribution in [1.29, 1.82) is 0 Å². The van der Waals surface area contributed by atoms with Crippen LogP contribution < -0.4 is 15.0 Å². The van der Waals surface area contributed by atoms with Gasteiger partial charge in [0.1, 0.15) is 18.1 Å². The largest absolute Gasteiger partial charge is 0.494 e. The lowest BCUT2D eigenvalue weighted by Crippen LogP contribution is -2.47. The van der Waals surface area contributed by atoms with Crippen LogP contribution in [0, 0.1) is 0 Å². The lowest BCUT2D eigenvalue weighted by molar-refractivity contribution is -0.142. The van der Waals surface area contributed by atoms with Gasteiger partial charge < -0.3 is 24.8 Å². The van der Waals surface area contributed by atoms with Gasteiger partial charge in [-0.15, -0.1) is 0 Å². The molecular formula is C24H28N6O5. The molecule has 3 heterocycles. The highest BCUT2D eigenvalue weighted by Gasteiger charge is 2.19. The summed E-state index contributed by atoms with van der Waals surface area (Å²) in [6.45, 7) is 4.15. The number of carbonyl (C=O) groups excluding carboxylic acids is 1. The van der Waals surface area contributed by atoms with Gasteiger partial charge in [0.05, 0.1) is 30.8 Å². The number of benzene rings is 1. The van der Waals surface area contributed by atoms with E-state index >= 15 is 0 Å². The molecular weight excluding hydrogens is 452 g/mol. The Morgan fingerprint density at radius 1 is 1.14 bits per heavy atom. The molecule has 0 saturated carbocycles. The molecule has 0 radical (unpaired) electrons. The molecule has 0 bridgehead atoms. The molecule has 3 N–H and O–H groups in total. The molecule has 4 rings (SSSR count). The summed E-state index contributed by atoms with van der Waals surface area (Å²) in [6.07, 6.45) is 1.63. The molecule has 184 valence electrons. The average Bonchev–Trinajstić information content (AvgIpc) is 3.42. The molecule has 1 fully saturated rings. The predicted molar refractivity (Wildman–Crippen MR) is 130 cm³/mol. The number of anilines is 2. The zero-order valence-corrected chi connectivity index (χ0v) is 19.4. The van der Waals surface area contributed by atoms with Gasteiger partial charge in [0.25, 0.3) is 5.91 Å². The molecule has 3 aromatic rings. The van der Waals surface area contributed by atoms with Gasteiger partial charge in [-0.05, 0) is 30.3 Å². The maximum atomic E-state index is 12.9. The summed E-state index contributed by atoms with van der Waals surface area (Å²) in [6, 6.07) is 12.7. The van der Waals surface area contributed by atoms with Crippen molar-refractivity contribution in [3.63, 3.8) is 0 Å². The number of rotatable bonds is 10. The van der Waals surface area contributed by atoms with Crippen LogP contribution in [0.15, 0.2) is 48.7 Å². The monoisotopic (exact) mass is 480 g/mol. The van der Waals surface area contributed by atoms with Gasteiger partial charge in [-0.25, -0.2) is 9.78 Å². The Kier molecular flexibility index (Phi) is 7.91. The molecule has 1 aliphatic rings. The number of H-pyrrole nitrogens is 1. The standard InChI is InChI=1S/C24H28N6O5/c1-34-22-15-17(30-11-9-29(10-12-30)13-14-35-16-23(31)32)5-6-20(22)27-24(33)21-4-2-3-18(26-21)19-7-8-25-28-19/h2-8,15H,9-14,16H2,1H3,(H,25,28)(H,27,33)(H,31,32). The number of amides is 1. The number of carboxylic acid groups (broad SMARTS) is 1. The van der Waals surface area contributed by atoms with E-state index in [0.29, 0.717) is 30.3 Å². The van der Waals surface area contributed by atoms with Gasteiger partial charge in [0.2, 0.25) is 0 Å². The van der Waals surface area contributed by atoms with Crippen LogP contribution in [0.5, 0.6) is 5.75 Å². The van der Waals surface area contributed by atoms with E-state index in [-0.39, 0.29) is 18.2 Å². The zero-order chi connectivity index (χ0) is 24.6. The average molecular weight is 481 g/mol. The third kappa shape index (κ3) is 6.34. The lowest BCUT2D eigenvalue weighted by atomic mass is 10.2. The third-order valence-electron chi connectivity index (χ3n) is 5.71. The molecule has 0 aliphatic carbocycles.